The molecule has 0 spiro atoms. The molecule has 1 heterocycles. The van der Waals surface area contributed by atoms with Gasteiger partial charge in [-0.1, -0.05) is 52.3 Å². The molecule has 1 aliphatic heterocycles. The van der Waals surface area contributed by atoms with Gasteiger partial charge in [-0.15, -0.1) is 0 Å². The fraction of sp³-hybridized carbons (Fsp3) is 0.316. The summed E-state index contributed by atoms with van der Waals surface area (Å²) in [5, 5.41) is 0. The van der Waals surface area contributed by atoms with E-state index in [1.807, 2.05) is 42.2 Å². The summed E-state index contributed by atoms with van der Waals surface area (Å²) in [7, 11) is 2.09. The van der Waals surface area contributed by atoms with Crippen LogP contribution in [0.2, 0.25) is 0 Å². The summed E-state index contributed by atoms with van der Waals surface area (Å²) >= 11 is 3.59. The molecule has 0 fully saturated rings. The molecule has 3 rings (SSSR count). The highest BCUT2D eigenvalue weighted by molar-refractivity contribution is 9.10. The van der Waals surface area contributed by atoms with Crippen LogP contribution < -0.4 is 9.80 Å². The second-order valence-corrected chi connectivity index (χ2v) is 7.06. The van der Waals surface area contributed by atoms with E-state index < -0.39 is 0 Å². The maximum atomic E-state index is 12.9. The van der Waals surface area contributed by atoms with Crippen molar-refractivity contribution >= 4 is 27.5 Å². The number of halogens is 1. The first kappa shape index (κ1) is 16.2. The van der Waals surface area contributed by atoms with Crippen LogP contribution in [0.5, 0.6) is 0 Å². The van der Waals surface area contributed by atoms with Gasteiger partial charge in [-0.3, -0.25) is 4.79 Å². The highest BCUT2D eigenvalue weighted by Gasteiger charge is 2.32. The van der Waals surface area contributed by atoms with Crippen LogP contribution in [0.1, 0.15) is 18.1 Å². The second kappa shape index (κ2) is 6.85. The highest BCUT2D eigenvalue weighted by atomic mass is 79.9. The van der Waals surface area contributed by atoms with Gasteiger partial charge in [0.05, 0.1) is 7.05 Å². The van der Waals surface area contributed by atoms with Crippen LogP contribution in [0.15, 0.2) is 53.0 Å². The summed E-state index contributed by atoms with van der Waals surface area (Å²) in [4.78, 5) is 16.1. The van der Waals surface area contributed by atoms with Crippen LogP contribution >= 0.6 is 15.9 Å². The number of nitrogens with zero attached hydrogens (tertiary/aromatic N) is 1. The number of quaternary nitrogens is 1. The molecule has 3 nitrogen and oxygen atoms in total. The number of carbonyl (C=O) groups excluding carboxylic acids is 1. The zero-order chi connectivity index (χ0) is 16.4. The zero-order valence-corrected chi connectivity index (χ0v) is 15.1. The lowest BCUT2D eigenvalue weighted by Crippen LogP contribution is -3.12. The molecule has 4 heteroatoms. The number of anilines is 1. The summed E-state index contributed by atoms with van der Waals surface area (Å²) in [6.07, 6.45) is 0.956. The molecule has 0 saturated heterocycles. The van der Waals surface area contributed by atoms with E-state index in [1.165, 1.54) is 16.0 Å². The minimum absolute atomic E-state index is 0.0757. The molecule has 2 aromatic carbocycles. The predicted molar refractivity (Wildman–Crippen MR) is 96.7 cm³/mol. The smallest absolute Gasteiger partial charge is 0.284 e. The van der Waals surface area contributed by atoms with Gasteiger partial charge in [-0.2, -0.15) is 0 Å². The SMILES string of the molecule is C[C@H](C(=O)N1CCc2ccccc21)[NH+](C)Cc1ccccc1Br. The van der Waals surface area contributed by atoms with Crippen molar-refractivity contribution in [2.75, 3.05) is 18.5 Å². The van der Waals surface area contributed by atoms with Crippen LogP contribution in [0.3, 0.4) is 0 Å². The van der Waals surface area contributed by atoms with Crippen molar-refractivity contribution in [1.82, 2.24) is 0 Å². The van der Waals surface area contributed by atoms with Crippen molar-refractivity contribution < 1.29 is 9.69 Å². The van der Waals surface area contributed by atoms with Gasteiger partial charge >= 0.3 is 0 Å². The fourth-order valence-corrected chi connectivity index (χ4v) is 3.53. The Labute approximate surface area is 146 Å². The Kier molecular flexibility index (Phi) is 4.83. The molecule has 23 heavy (non-hydrogen) atoms. The molecule has 2 atom stereocenters. The Morgan fingerprint density at radius 1 is 1.22 bits per heavy atom. The molecular formula is C19H22BrN2O+. The zero-order valence-electron chi connectivity index (χ0n) is 13.6. The Morgan fingerprint density at radius 2 is 1.91 bits per heavy atom. The summed E-state index contributed by atoms with van der Waals surface area (Å²) in [6, 6.07) is 16.3. The van der Waals surface area contributed by atoms with Crippen molar-refractivity contribution in [3.63, 3.8) is 0 Å². The van der Waals surface area contributed by atoms with E-state index >= 15 is 0 Å². The van der Waals surface area contributed by atoms with Crippen molar-refractivity contribution in [2.24, 2.45) is 0 Å². The van der Waals surface area contributed by atoms with Crippen molar-refractivity contribution in [1.29, 1.82) is 0 Å². The van der Waals surface area contributed by atoms with Gasteiger partial charge in [0, 0.05) is 22.3 Å². The van der Waals surface area contributed by atoms with Gasteiger partial charge in [0.25, 0.3) is 5.91 Å². The largest absolute Gasteiger partial charge is 0.324 e. The first-order chi connectivity index (χ1) is 11.1. The van der Waals surface area contributed by atoms with Crippen molar-refractivity contribution in [3.05, 3.63) is 64.1 Å². The molecule has 120 valence electrons. The standard InChI is InChI=1S/C19H21BrN2O/c1-14(21(2)13-16-8-3-5-9-17(16)20)19(23)22-12-11-15-7-4-6-10-18(15)22/h3-10,14H,11-13H2,1-2H3/p+1/t14-/m1/s1. The van der Waals surface area contributed by atoms with Crippen LogP contribution in [-0.4, -0.2) is 25.5 Å². The van der Waals surface area contributed by atoms with Gasteiger partial charge in [-0.05, 0) is 31.0 Å². The molecule has 1 unspecified atom stereocenters. The molecule has 1 amide bonds. The molecule has 0 radical (unpaired) electrons. The third-order valence-electron chi connectivity index (χ3n) is 4.69. The number of nitrogens with one attached hydrogen (secondary N) is 1. The van der Waals surface area contributed by atoms with Crippen molar-refractivity contribution in [3.8, 4) is 0 Å². The molecule has 1 aliphatic rings. The number of amides is 1. The Morgan fingerprint density at radius 3 is 2.70 bits per heavy atom. The average Bonchev–Trinajstić information content (AvgIpc) is 2.99. The van der Waals surface area contributed by atoms with E-state index in [1.54, 1.807) is 0 Å². The third-order valence-corrected chi connectivity index (χ3v) is 5.46. The van der Waals surface area contributed by atoms with Gasteiger partial charge in [-0.25, -0.2) is 0 Å². The lowest BCUT2D eigenvalue weighted by atomic mass is 10.1. The maximum absolute atomic E-state index is 12.9. The van der Waals surface area contributed by atoms with Crippen molar-refractivity contribution in [2.45, 2.75) is 25.9 Å². The first-order valence-electron chi connectivity index (χ1n) is 8.03. The summed E-state index contributed by atoms with van der Waals surface area (Å²) < 4.78 is 1.10. The minimum atomic E-state index is -0.0757. The second-order valence-electron chi connectivity index (χ2n) is 6.20. The monoisotopic (exact) mass is 373 g/mol. The number of benzene rings is 2. The number of para-hydroxylation sites is 1. The molecule has 0 aliphatic carbocycles. The summed E-state index contributed by atoms with van der Waals surface area (Å²) in [5.74, 6) is 0.208. The Balaban J connectivity index is 1.72. The van der Waals surface area contributed by atoms with Gasteiger partial charge < -0.3 is 9.80 Å². The van der Waals surface area contributed by atoms with E-state index in [-0.39, 0.29) is 11.9 Å². The highest BCUT2D eigenvalue weighted by Crippen LogP contribution is 2.27. The fourth-order valence-electron chi connectivity index (χ4n) is 3.11. The topological polar surface area (TPSA) is 24.8 Å². The van der Waals surface area contributed by atoms with Crippen LogP contribution in [0.4, 0.5) is 5.69 Å². The summed E-state index contributed by atoms with van der Waals surface area (Å²) in [6.45, 7) is 3.64. The number of rotatable bonds is 4. The lowest BCUT2D eigenvalue weighted by Gasteiger charge is -2.26. The number of hydrogen-bond acceptors (Lipinski definition) is 1. The molecule has 2 aromatic rings. The van der Waals surface area contributed by atoms with Crippen LogP contribution in [0, 0.1) is 0 Å². The Hall–Kier alpha value is -1.65. The van der Waals surface area contributed by atoms with Gasteiger partial charge in [0.1, 0.15) is 6.54 Å². The third kappa shape index (κ3) is 3.33. The predicted octanol–water partition coefficient (Wildman–Crippen LogP) is 2.44. The molecule has 0 saturated carbocycles. The van der Waals surface area contributed by atoms with E-state index in [0.29, 0.717) is 0 Å². The van der Waals surface area contributed by atoms with E-state index in [0.717, 1.165) is 29.7 Å². The molecule has 0 aromatic heterocycles. The van der Waals surface area contributed by atoms with E-state index in [9.17, 15) is 4.79 Å². The first-order valence-corrected chi connectivity index (χ1v) is 8.82. The van der Waals surface area contributed by atoms with E-state index in [4.69, 9.17) is 0 Å². The van der Waals surface area contributed by atoms with Crippen LogP contribution in [0.25, 0.3) is 0 Å². The lowest BCUT2D eigenvalue weighted by molar-refractivity contribution is -0.908. The van der Waals surface area contributed by atoms with E-state index in [2.05, 4.69) is 41.2 Å². The quantitative estimate of drug-likeness (QED) is 0.874. The molecule has 1 N–H and O–H groups in total. The van der Waals surface area contributed by atoms with Gasteiger partial charge in [0.2, 0.25) is 0 Å². The Bertz CT molecular complexity index is 716. The number of likely N-dealkylation sites (N-methyl/N-ethyl adjacent to an activating group) is 1. The molecular weight excluding hydrogens is 352 g/mol. The van der Waals surface area contributed by atoms with Gasteiger partial charge in [0.15, 0.2) is 6.04 Å². The average molecular weight is 374 g/mol. The number of hydrogen-bond donors (Lipinski definition) is 1. The molecule has 0 bridgehead atoms. The number of carbonyl (C=O) groups is 1. The minimum Gasteiger partial charge on any atom is -0.324 e. The van der Waals surface area contributed by atoms with Crippen LogP contribution in [-0.2, 0) is 17.8 Å². The maximum Gasteiger partial charge on any atom is 0.284 e. The summed E-state index contributed by atoms with van der Waals surface area (Å²) in [5.41, 5.74) is 3.58. The normalized spacial score (nSPS) is 16.0. The number of fused-ring (bicyclic) bond motifs is 1.